The molecule has 0 atom stereocenters. The molecule has 0 spiro atoms. The molecule has 2 N–H and O–H groups in total. The van der Waals surface area contributed by atoms with Gasteiger partial charge in [-0.15, -0.1) is 0 Å². The van der Waals surface area contributed by atoms with Crippen molar-refractivity contribution < 1.29 is 14.7 Å². The Hall–Kier alpha value is -1.79. The largest absolute Gasteiger partial charge is 0.478 e. The molecule has 7 heteroatoms. The van der Waals surface area contributed by atoms with Gasteiger partial charge in [-0.25, -0.2) is 9.79 Å². The van der Waals surface area contributed by atoms with Crippen LogP contribution in [-0.2, 0) is 9.59 Å². The van der Waals surface area contributed by atoms with Gasteiger partial charge in [0.05, 0.1) is 15.6 Å². The highest BCUT2D eigenvalue weighted by molar-refractivity contribution is 8.18. The van der Waals surface area contributed by atoms with Crippen LogP contribution in [0.4, 0.5) is 5.69 Å². The highest BCUT2D eigenvalue weighted by Gasteiger charge is 2.24. The molecule has 1 aliphatic rings. The summed E-state index contributed by atoms with van der Waals surface area (Å²) in [6.07, 6.45) is 0.842. The van der Waals surface area contributed by atoms with E-state index < -0.39 is 11.9 Å². The minimum atomic E-state index is -1.17. The van der Waals surface area contributed by atoms with Crippen LogP contribution < -0.4 is 5.32 Å². The number of aliphatic imine (C=N–C) groups is 1. The predicted octanol–water partition coefficient (Wildman–Crippen LogP) is 2.16. The number of amidine groups is 1. The Morgan fingerprint density at radius 1 is 1.44 bits per heavy atom. The van der Waals surface area contributed by atoms with E-state index in [1.54, 1.807) is 24.3 Å². The van der Waals surface area contributed by atoms with Crippen molar-refractivity contribution in [2.75, 3.05) is 0 Å². The van der Waals surface area contributed by atoms with Gasteiger partial charge in [0.15, 0.2) is 5.17 Å². The Kier molecular flexibility index (Phi) is 3.69. The van der Waals surface area contributed by atoms with Crippen LogP contribution in [-0.4, -0.2) is 22.2 Å². The van der Waals surface area contributed by atoms with Crippen molar-refractivity contribution in [2.45, 2.75) is 0 Å². The van der Waals surface area contributed by atoms with E-state index in [2.05, 4.69) is 10.3 Å². The first kappa shape index (κ1) is 12.7. The van der Waals surface area contributed by atoms with Gasteiger partial charge >= 0.3 is 5.97 Å². The lowest BCUT2D eigenvalue weighted by atomic mass is 10.3. The summed E-state index contributed by atoms with van der Waals surface area (Å²) in [4.78, 5) is 26.1. The van der Waals surface area contributed by atoms with Crippen LogP contribution in [0.5, 0.6) is 0 Å². The zero-order valence-corrected chi connectivity index (χ0v) is 10.5. The lowest BCUT2D eigenvalue weighted by Gasteiger charge is -1.98. The normalized spacial score (nSPS) is 19.3. The molecule has 1 saturated heterocycles. The van der Waals surface area contributed by atoms with Gasteiger partial charge in [0, 0.05) is 6.08 Å². The van der Waals surface area contributed by atoms with E-state index in [0.29, 0.717) is 15.9 Å². The van der Waals surface area contributed by atoms with Gasteiger partial charge in [0.2, 0.25) is 0 Å². The Morgan fingerprint density at radius 3 is 2.83 bits per heavy atom. The predicted molar refractivity (Wildman–Crippen MR) is 70.0 cm³/mol. The van der Waals surface area contributed by atoms with Crippen LogP contribution in [0.15, 0.2) is 40.2 Å². The highest BCUT2D eigenvalue weighted by Crippen LogP contribution is 2.29. The van der Waals surface area contributed by atoms with E-state index in [0.717, 1.165) is 17.8 Å². The van der Waals surface area contributed by atoms with Crippen molar-refractivity contribution in [3.63, 3.8) is 0 Å². The van der Waals surface area contributed by atoms with E-state index >= 15 is 0 Å². The Bertz CT molecular complexity index is 583. The molecule has 5 nitrogen and oxygen atoms in total. The maximum Gasteiger partial charge on any atom is 0.329 e. The van der Waals surface area contributed by atoms with Crippen LogP contribution in [0.2, 0.25) is 5.02 Å². The lowest BCUT2D eigenvalue weighted by molar-refractivity contribution is -0.131. The number of nitrogens with one attached hydrogen (secondary N) is 1. The standard InChI is InChI=1S/C11H7ClN2O3S/c12-6-3-1-2-4-7(6)13-11-14-10(17)8(18-11)5-9(15)16/h1-5H,(H,15,16)(H,13,14,17)/b8-5-. The van der Waals surface area contributed by atoms with Crippen molar-refractivity contribution in [1.82, 2.24) is 5.32 Å². The van der Waals surface area contributed by atoms with E-state index in [9.17, 15) is 9.59 Å². The van der Waals surface area contributed by atoms with E-state index in [4.69, 9.17) is 16.7 Å². The number of para-hydroxylation sites is 1. The molecule has 0 aliphatic carbocycles. The second-order valence-electron chi connectivity index (χ2n) is 3.27. The van der Waals surface area contributed by atoms with Crippen molar-refractivity contribution in [3.05, 3.63) is 40.3 Å². The monoisotopic (exact) mass is 282 g/mol. The highest BCUT2D eigenvalue weighted by atomic mass is 35.5. The van der Waals surface area contributed by atoms with Crippen LogP contribution in [0.1, 0.15) is 0 Å². The lowest BCUT2D eigenvalue weighted by Crippen LogP contribution is -2.19. The Labute approximate surface area is 112 Å². The minimum absolute atomic E-state index is 0.0910. The first-order chi connectivity index (χ1) is 8.56. The quantitative estimate of drug-likeness (QED) is 0.815. The number of carboxylic acid groups (broad SMARTS) is 1. The molecule has 1 aromatic carbocycles. The maximum absolute atomic E-state index is 11.4. The molecule has 1 amide bonds. The fourth-order valence-corrected chi connectivity index (χ4v) is 2.22. The number of hydrogen-bond acceptors (Lipinski definition) is 4. The molecule has 0 aromatic heterocycles. The van der Waals surface area contributed by atoms with Crippen LogP contribution in [0.25, 0.3) is 0 Å². The molecule has 1 aromatic rings. The first-order valence-corrected chi connectivity index (χ1v) is 6.03. The molecule has 92 valence electrons. The van der Waals surface area contributed by atoms with Gasteiger partial charge in [0.1, 0.15) is 0 Å². The fraction of sp³-hybridized carbons (Fsp3) is 0. The number of carboxylic acids is 1. The summed E-state index contributed by atoms with van der Waals surface area (Å²) in [6, 6.07) is 6.90. The number of carbonyl (C=O) groups is 2. The van der Waals surface area contributed by atoms with Crippen LogP contribution >= 0.6 is 23.4 Å². The summed E-state index contributed by atoms with van der Waals surface area (Å²) in [6.45, 7) is 0. The summed E-state index contributed by atoms with van der Waals surface area (Å²) >= 11 is 6.88. The SMILES string of the molecule is O=C(O)/C=C1\SC(=Nc2ccccc2Cl)NC1=O. The third kappa shape index (κ3) is 2.91. The Balaban J connectivity index is 2.26. The maximum atomic E-state index is 11.4. The smallest absolute Gasteiger partial charge is 0.329 e. The number of nitrogens with zero attached hydrogens (tertiary/aromatic N) is 1. The topological polar surface area (TPSA) is 78.8 Å². The number of thioether (sulfide) groups is 1. The fourth-order valence-electron chi connectivity index (χ4n) is 1.24. The van der Waals surface area contributed by atoms with Gasteiger partial charge in [-0.3, -0.25) is 4.79 Å². The van der Waals surface area contributed by atoms with Crippen molar-refractivity contribution in [1.29, 1.82) is 0 Å². The number of hydrogen-bond donors (Lipinski definition) is 2. The average Bonchev–Trinajstić information content (AvgIpc) is 2.62. The third-order valence-electron chi connectivity index (χ3n) is 1.98. The molecule has 2 rings (SSSR count). The number of aliphatic carboxylic acids is 1. The molecular weight excluding hydrogens is 276 g/mol. The van der Waals surface area contributed by atoms with E-state index in [1.807, 2.05) is 0 Å². The summed E-state index contributed by atoms with van der Waals surface area (Å²) < 4.78 is 0. The summed E-state index contributed by atoms with van der Waals surface area (Å²) in [5.41, 5.74) is 0.513. The van der Waals surface area contributed by atoms with Gasteiger partial charge in [-0.2, -0.15) is 0 Å². The zero-order valence-electron chi connectivity index (χ0n) is 8.88. The molecule has 1 fully saturated rings. The molecular formula is C11H7ClN2O3S. The zero-order chi connectivity index (χ0) is 13.1. The first-order valence-electron chi connectivity index (χ1n) is 4.83. The van der Waals surface area contributed by atoms with Gasteiger partial charge in [0.25, 0.3) is 5.91 Å². The number of benzene rings is 1. The van der Waals surface area contributed by atoms with Crippen molar-refractivity contribution in [2.24, 2.45) is 4.99 Å². The summed E-state index contributed by atoms with van der Waals surface area (Å²) in [5, 5.41) is 11.8. The minimum Gasteiger partial charge on any atom is -0.478 e. The number of amides is 1. The number of halogens is 1. The van der Waals surface area contributed by atoms with Gasteiger partial charge in [-0.1, -0.05) is 23.7 Å². The molecule has 0 radical (unpaired) electrons. The van der Waals surface area contributed by atoms with Crippen molar-refractivity contribution in [3.8, 4) is 0 Å². The molecule has 0 bridgehead atoms. The van der Waals surface area contributed by atoms with E-state index in [1.165, 1.54) is 0 Å². The number of carbonyl (C=O) groups excluding carboxylic acids is 1. The second kappa shape index (κ2) is 5.24. The van der Waals surface area contributed by atoms with E-state index in [-0.39, 0.29) is 4.91 Å². The number of rotatable bonds is 2. The molecule has 0 unspecified atom stereocenters. The molecule has 1 heterocycles. The van der Waals surface area contributed by atoms with Crippen molar-refractivity contribution >= 4 is 46.1 Å². The van der Waals surface area contributed by atoms with Crippen LogP contribution in [0.3, 0.4) is 0 Å². The second-order valence-corrected chi connectivity index (χ2v) is 4.71. The summed E-state index contributed by atoms with van der Waals surface area (Å²) in [5.74, 6) is -1.65. The molecule has 0 saturated carbocycles. The summed E-state index contributed by atoms with van der Waals surface area (Å²) in [7, 11) is 0. The van der Waals surface area contributed by atoms with Gasteiger partial charge in [-0.05, 0) is 23.9 Å². The van der Waals surface area contributed by atoms with Crippen LogP contribution in [0, 0.1) is 0 Å². The van der Waals surface area contributed by atoms with Gasteiger partial charge < -0.3 is 10.4 Å². The Morgan fingerprint density at radius 2 is 2.17 bits per heavy atom. The molecule has 18 heavy (non-hydrogen) atoms. The average molecular weight is 283 g/mol. The molecule has 1 aliphatic heterocycles. The third-order valence-corrected chi connectivity index (χ3v) is 3.21.